The fourth-order valence-electron chi connectivity index (χ4n) is 2.18. The molecule has 2 aromatic rings. The van der Waals surface area contributed by atoms with Crippen molar-refractivity contribution in [3.8, 4) is 5.75 Å². The van der Waals surface area contributed by atoms with Crippen molar-refractivity contribution in [2.45, 2.75) is 13.0 Å². The highest BCUT2D eigenvalue weighted by molar-refractivity contribution is 7.84. The number of nitrogens with one attached hydrogen (secondary N) is 1. The SMILES string of the molecule is COc1ccc2cc(C(C)NCCS(C)=O)ccc2c1. The van der Waals surface area contributed by atoms with Crippen LogP contribution in [0.1, 0.15) is 18.5 Å². The van der Waals surface area contributed by atoms with Gasteiger partial charge in [0.2, 0.25) is 0 Å². The van der Waals surface area contributed by atoms with Gasteiger partial charge in [0.05, 0.1) is 7.11 Å². The summed E-state index contributed by atoms with van der Waals surface area (Å²) >= 11 is 0. The molecule has 2 atom stereocenters. The normalized spacial score (nSPS) is 14.2. The summed E-state index contributed by atoms with van der Waals surface area (Å²) < 4.78 is 16.3. The predicted octanol–water partition coefficient (Wildman–Crippen LogP) is 2.88. The van der Waals surface area contributed by atoms with Crippen molar-refractivity contribution in [1.82, 2.24) is 5.32 Å². The van der Waals surface area contributed by atoms with E-state index in [1.165, 1.54) is 16.3 Å². The molecule has 2 rings (SSSR count). The highest BCUT2D eigenvalue weighted by Gasteiger charge is 2.06. The minimum atomic E-state index is -0.741. The maximum Gasteiger partial charge on any atom is 0.119 e. The molecule has 0 amide bonds. The second kappa shape index (κ2) is 6.86. The van der Waals surface area contributed by atoms with E-state index >= 15 is 0 Å². The number of methoxy groups -OCH3 is 1. The molecule has 0 saturated carbocycles. The molecule has 2 unspecified atom stereocenters. The Morgan fingerprint density at radius 1 is 1.20 bits per heavy atom. The Balaban J connectivity index is 2.12. The lowest BCUT2D eigenvalue weighted by Crippen LogP contribution is -2.23. The molecule has 0 fully saturated rings. The monoisotopic (exact) mass is 291 g/mol. The van der Waals surface area contributed by atoms with Crippen LogP contribution in [0.4, 0.5) is 0 Å². The first-order valence-corrected chi connectivity index (χ1v) is 8.44. The van der Waals surface area contributed by atoms with Crippen molar-refractivity contribution >= 4 is 21.6 Å². The van der Waals surface area contributed by atoms with Gasteiger partial charge in [-0.1, -0.05) is 18.2 Å². The third-order valence-electron chi connectivity index (χ3n) is 3.41. The third kappa shape index (κ3) is 3.81. The molecular weight excluding hydrogens is 270 g/mol. The van der Waals surface area contributed by atoms with E-state index in [9.17, 15) is 4.21 Å². The van der Waals surface area contributed by atoms with Crippen LogP contribution in [0.5, 0.6) is 5.75 Å². The van der Waals surface area contributed by atoms with Crippen LogP contribution in [0, 0.1) is 0 Å². The van der Waals surface area contributed by atoms with Crippen LogP contribution in [0.2, 0.25) is 0 Å². The largest absolute Gasteiger partial charge is 0.497 e. The summed E-state index contributed by atoms with van der Waals surface area (Å²) in [6.45, 7) is 2.90. The molecule has 1 N–H and O–H groups in total. The predicted molar refractivity (Wildman–Crippen MR) is 85.9 cm³/mol. The number of hydrogen-bond acceptors (Lipinski definition) is 3. The summed E-state index contributed by atoms with van der Waals surface area (Å²) in [5, 5.41) is 5.78. The third-order valence-corrected chi connectivity index (χ3v) is 4.19. The Labute approximate surface area is 122 Å². The molecule has 0 radical (unpaired) electrons. The zero-order chi connectivity index (χ0) is 14.5. The van der Waals surface area contributed by atoms with E-state index < -0.39 is 10.8 Å². The first kappa shape index (κ1) is 15.0. The summed E-state index contributed by atoms with van der Waals surface area (Å²) in [4.78, 5) is 0. The smallest absolute Gasteiger partial charge is 0.119 e. The Hall–Kier alpha value is -1.39. The Bertz CT molecular complexity index is 612. The van der Waals surface area contributed by atoms with E-state index in [1.54, 1.807) is 13.4 Å². The second-order valence-corrected chi connectivity index (χ2v) is 6.48. The summed E-state index contributed by atoms with van der Waals surface area (Å²) in [5.74, 6) is 1.57. The Morgan fingerprint density at radius 3 is 2.60 bits per heavy atom. The van der Waals surface area contributed by atoms with Crippen molar-refractivity contribution in [1.29, 1.82) is 0 Å². The fourth-order valence-corrected chi connectivity index (χ4v) is 2.58. The molecule has 20 heavy (non-hydrogen) atoms. The van der Waals surface area contributed by atoms with Crippen LogP contribution in [0.25, 0.3) is 10.8 Å². The highest BCUT2D eigenvalue weighted by Crippen LogP contribution is 2.24. The van der Waals surface area contributed by atoms with E-state index in [1.807, 2.05) is 12.1 Å². The Morgan fingerprint density at radius 2 is 1.90 bits per heavy atom. The topological polar surface area (TPSA) is 38.3 Å². The van der Waals surface area contributed by atoms with Crippen LogP contribution in [0.15, 0.2) is 36.4 Å². The average Bonchev–Trinajstić information content (AvgIpc) is 2.45. The molecule has 0 aromatic heterocycles. The van der Waals surface area contributed by atoms with Gasteiger partial charge in [-0.2, -0.15) is 0 Å². The number of ether oxygens (including phenoxy) is 1. The van der Waals surface area contributed by atoms with Gasteiger partial charge in [-0.3, -0.25) is 4.21 Å². The summed E-state index contributed by atoms with van der Waals surface area (Å²) in [5.41, 5.74) is 1.24. The zero-order valence-corrected chi connectivity index (χ0v) is 13.0. The van der Waals surface area contributed by atoms with Crippen molar-refractivity contribution in [3.63, 3.8) is 0 Å². The lowest BCUT2D eigenvalue weighted by atomic mass is 10.0. The number of fused-ring (bicyclic) bond motifs is 1. The molecule has 4 heteroatoms. The molecule has 0 aliphatic heterocycles. The van der Waals surface area contributed by atoms with Crippen LogP contribution in [-0.2, 0) is 10.8 Å². The van der Waals surface area contributed by atoms with Crippen molar-refractivity contribution in [2.75, 3.05) is 25.7 Å². The van der Waals surface area contributed by atoms with Crippen molar-refractivity contribution < 1.29 is 8.95 Å². The van der Waals surface area contributed by atoms with Gasteiger partial charge in [0.15, 0.2) is 0 Å². The van der Waals surface area contributed by atoms with Crippen LogP contribution < -0.4 is 10.1 Å². The molecular formula is C16H21NO2S. The molecule has 3 nitrogen and oxygen atoms in total. The van der Waals surface area contributed by atoms with Crippen LogP contribution in [-0.4, -0.2) is 29.9 Å². The molecule has 0 aliphatic rings. The molecule has 0 spiro atoms. The molecule has 108 valence electrons. The summed E-state index contributed by atoms with van der Waals surface area (Å²) in [7, 11) is 0.939. The van der Waals surface area contributed by atoms with E-state index in [4.69, 9.17) is 4.74 Å². The summed E-state index contributed by atoms with van der Waals surface area (Å²) in [6, 6.07) is 12.8. The molecule has 0 heterocycles. The van der Waals surface area contributed by atoms with Crippen molar-refractivity contribution in [2.24, 2.45) is 0 Å². The van der Waals surface area contributed by atoms with Gasteiger partial charge < -0.3 is 10.1 Å². The van der Waals surface area contributed by atoms with E-state index in [0.717, 1.165) is 12.3 Å². The van der Waals surface area contributed by atoms with Crippen LogP contribution >= 0.6 is 0 Å². The maximum absolute atomic E-state index is 11.1. The standard InChI is InChI=1S/C16H21NO2S/c1-12(17-8-9-20(3)18)13-4-5-15-11-16(19-2)7-6-14(15)10-13/h4-7,10-12,17H,8-9H2,1-3H3. The van der Waals surface area contributed by atoms with E-state index in [0.29, 0.717) is 5.75 Å². The second-order valence-electron chi connectivity index (χ2n) is 4.93. The highest BCUT2D eigenvalue weighted by atomic mass is 32.2. The van der Waals surface area contributed by atoms with Gasteiger partial charge in [-0.05, 0) is 41.5 Å². The lowest BCUT2D eigenvalue weighted by molar-refractivity contribution is 0.415. The zero-order valence-electron chi connectivity index (χ0n) is 12.2. The average molecular weight is 291 g/mol. The fraction of sp³-hybridized carbons (Fsp3) is 0.375. The summed E-state index contributed by atoms with van der Waals surface area (Å²) in [6.07, 6.45) is 1.73. The first-order valence-electron chi connectivity index (χ1n) is 6.71. The number of hydrogen-bond donors (Lipinski definition) is 1. The maximum atomic E-state index is 11.1. The van der Waals surface area contributed by atoms with Crippen molar-refractivity contribution in [3.05, 3.63) is 42.0 Å². The molecule has 0 saturated heterocycles. The minimum absolute atomic E-state index is 0.255. The molecule has 0 bridgehead atoms. The van der Waals surface area contributed by atoms with E-state index in [-0.39, 0.29) is 6.04 Å². The first-order chi connectivity index (χ1) is 9.60. The van der Waals surface area contributed by atoms with Gasteiger partial charge in [0.25, 0.3) is 0 Å². The number of benzene rings is 2. The Kier molecular flexibility index (Phi) is 5.15. The molecule has 0 aliphatic carbocycles. The molecule has 2 aromatic carbocycles. The lowest BCUT2D eigenvalue weighted by Gasteiger charge is -2.14. The van der Waals surface area contributed by atoms with Gasteiger partial charge in [-0.25, -0.2) is 0 Å². The van der Waals surface area contributed by atoms with E-state index in [2.05, 4.69) is 36.5 Å². The van der Waals surface area contributed by atoms with Gasteiger partial charge in [-0.15, -0.1) is 0 Å². The quantitative estimate of drug-likeness (QED) is 0.889. The number of rotatable bonds is 6. The van der Waals surface area contributed by atoms with Gasteiger partial charge in [0.1, 0.15) is 5.75 Å². The minimum Gasteiger partial charge on any atom is -0.497 e. The van der Waals surface area contributed by atoms with Gasteiger partial charge in [0, 0.05) is 35.4 Å². The van der Waals surface area contributed by atoms with Gasteiger partial charge >= 0.3 is 0 Å². The van der Waals surface area contributed by atoms with Crippen LogP contribution in [0.3, 0.4) is 0 Å².